The van der Waals surface area contributed by atoms with Crippen LogP contribution in [0, 0.1) is 6.92 Å². The van der Waals surface area contributed by atoms with E-state index in [4.69, 9.17) is 5.73 Å². The predicted octanol–water partition coefficient (Wildman–Crippen LogP) is 2.03. The summed E-state index contributed by atoms with van der Waals surface area (Å²) < 4.78 is 0. The summed E-state index contributed by atoms with van der Waals surface area (Å²) in [7, 11) is 0. The molecule has 12 heavy (non-hydrogen) atoms. The van der Waals surface area contributed by atoms with Crippen molar-refractivity contribution in [3.8, 4) is 0 Å². The molecule has 0 aliphatic heterocycles. The molecule has 0 fully saturated rings. The fourth-order valence-electron chi connectivity index (χ4n) is 0.476. The largest absolute Gasteiger partial charge is 0.330 e. The van der Waals surface area contributed by atoms with Crippen molar-refractivity contribution in [2.24, 2.45) is 5.73 Å². The van der Waals surface area contributed by atoms with Crippen LogP contribution in [-0.2, 0) is 0 Å². The maximum Gasteiger partial charge on any atom is 0.0505 e. The molecule has 0 spiro atoms. The van der Waals surface area contributed by atoms with Gasteiger partial charge in [0.05, 0.1) is 5.69 Å². The summed E-state index contributed by atoms with van der Waals surface area (Å²) >= 11 is 4.14. The minimum atomic E-state index is 0.819. The zero-order valence-electron chi connectivity index (χ0n) is 7.62. The lowest BCUT2D eigenvalue weighted by molar-refractivity contribution is 0.932. The van der Waals surface area contributed by atoms with E-state index in [0.29, 0.717) is 0 Å². The van der Waals surface area contributed by atoms with Gasteiger partial charge in [0.15, 0.2) is 0 Å². The summed E-state index contributed by atoms with van der Waals surface area (Å²) in [5.41, 5.74) is 6.01. The van der Waals surface area contributed by atoms with Crippen LogP contribution < -0.4 is 5.73 Å². The van der Waals surface area contributed by atoms with Crippen LogP contribution in [0.2, 0.25) is 0 Å². The molecule has 68 valence electrons. The number of nitrogens with two attached hydrogens (primary N) is 1. The Labute approximate surface area is 79.6 Å². The van der Waals surface area contributed by atoms with Gasteiger partial charge in [-0.3, -0.25) is 4.98 Å². The van der Waals surface area contributed by atoms with E-state index in [-0.39, 0.29) is 0 Å². The Balaban J connectivity index is 0.000000261. The predicted molar refractivity (Wildman–Crippen MR) is 55.6 cm³/mol. The SMILES string of the molecule is CCCN.Cc1ncccc1S. The standard InChI is InChI=1S/C6H7NS.C3H9N/c1-5-6(8)3-2-4-7-5;1-2-3-4/h2-4,8H,1H3;2-4H2,1H3. The van der Waals surface area contributed by atoms with Crippen molar-refractivity contribution in [1.82, 2.24) is 4.98 Å². The van der Waals surface area contributed by atoms with Crippen LogP contribution in [0.1, 0.15) is 19.0 Å². The Morgan fingerprint density at radius 3 is 2.42 bits per heavy atom. The minimum Gasteiger partial charge on any atom is -0.330 e. The van der Waals surface area contributed by atoms with Crippen molar-refractivity contribution in [2.45, 2.75) is 25.2 Å². The summed E-state index contributed by atoms with van der Waals surface area (Å²) in [5, 5.41) is 0. The third-order valence-corrected chi connectivity index (χ3v) is 1.74. The summed E-state index contributed by atoms with van der Waals surface area (Å²) in [6.07, 6.45) is 2.86. The zero-order valence-corrected chi connectivity index (χ0v) is 8.51. The van der Waals surface area contributed by atoms with Gasteiger partial charge in [-0.1, -0.05) is 6.92 Å². The molecule has 0 bridgehead atoms. The van der Waals surface area contributed by atoms with Crippen molar-refractivity contribution in [3.05, 3.63) is 24.0 Å². The molecule has 0 aliphatic rings. The van der Waals surface area contributed by atoms with Gasteiger partial charge in [0.2, 0.25) is 0 Å². The average Bonchev–Trinajstić information content (AvgIpc) is 2.11. The highest BCUT2D eigenvalue weighted by Crippen LogP contribution is 2.06. The highest BCUT2D eigenvalue weighted by atomic mass is 32.1. The lowest BCUT2D eigenvalue weighted by Crippen LogP contribution is -1.93. The normalized spacial score (nSPS) is 8.67. The van der Waals surface area contributed by atoms with E-state index in [9.17, 15) is 0 Å². The maximum atomic E-state index is 5.03. The molecule has 3 heteroatoms. The van der Waals surface area contributed by atoms with Crippen molar-refractivity contribution in [3.63, 3.8) is 0 Å². The van der Waals surface area contributed by atoms with E-state index in [0.717, 1.165) is 23.6 Å². The summed E-state index contributed by atoms with van der Waals surface area (Å²) in [4.78, 5) is 4.95. The Bertz CT molecular complexity index is 190. The van der Waals surface area contributed by atoms with Gasteiger partial charge >= 0.3 is 0 Å². The van der Waals surface area contributed by atoms with Crippen molar-refractivity contribution in [2.75, 3.05) is 6.54 Å². The molecule has 0 saturated heterocycles. The minimum absolute atomic E-state index is 0.819. The molecule has 1 aromatic rings. The van der Waals surface area contributed by atoms with Crippen LogP contribution in [0.4, 0.5) is 0 Å². The second kappa shape index (κ2) is 7.13. The number of aromatic nitrogens is 1. The molecule has 0 unspecified atom stereocenters. The molecule has 1 rings (SSSR count). The van der Waals surface area contributed by atoms with Gasteiger partial charge in [-0.15, -0.1) is 12.6 Å². The number of nitrogens with zero attached hydrogens (tertiary/aromatic N) is 1. The Morgan fingerprint density at radius 1 is 1.58 bits per heavy atom. The number of rotatable bonds is 1. The first-order valence-electron chi connectivity index (χ1n) is 4.03. The summed E-state index contributed by atoms with van der Waals surface area (Å²) in [6, 6.07) is 3.79. The second-order valence-electron chi connectivity index (χ2n) is 2.40. The first-order chi connectivity index (χ1) is 5.72. The van der Waals surface area contributed by atoms with Crippen molar-refractivity contribution in [1.29, 1.82) is 0 Å². The van der Waals surface area contributed by atoms with Gasteiger partial charge < -0.3 is 5.73 Å². The first-order valence-corrected chi connectivity index (χ1v) is 4.47. The number of hydrogen-bond acceptors (Lipinski definition) is 3. The average molecular weight is 184 g/mol. The molecule has 2 N–H and O–H groups in total. The van der Waals surface area contributed by atoms with Crippen LogP contribution in [0.5, 0.6) is 0 Å². The summed E-state index contributed by atoms with van der Waals surface area (Å²) in [6.45, 7) is 4.81. The van der Waals surface area contributed by atoms with Gasteiger partial charge in [0, 0.05) is 11.1 Å². The number of aryl methyl sites for hydroxylation is 1. The number of hydrogen-bond donors (Lipinski definition) is 2. The molecular weight excluding hydrogens is 168 g/mol. The number of thiol groups is 1. The molecule has 1 heterocycles. The third-order valence-electron chi connectivity index (χ3n) is 1.27. The van der Waals surface area contributed by atoms with Crippen molar-refractivity contribution >= 4 is 12.6 Å². The molecule has 1 aromatic heterocycles. The first kappa shape index (κ1) is 11.5. The quantitative estimate of drug-likeness (QED) is 0.655. The molecule has 0 aliphatic carbocycles. The van der Waals surface area contributed by atoms with E-state index >= 15 is 0 Å². The highest BCUT2D eigenvalue weighted by molar-refractivity contribution is 7.80. The lowest BCUT2D eigenvalue weighted by Gasteiger charge is -1.91. The van der Waals surface area contributed by atoms with Gasteiger partial charge in [0.25, 0.3) is 0 Å². The van der Waals surface area contributed by atoms with Crippen LogP contribution in [0.3, 0.4) is 0 Å². The van der Waals surface area contributed by atoms with E-state index < -0.39 is 0 Å². The van der Waals surface area contributed by atoms with Gasteiger partial charge in [-0.25, -0.2) is 0 Å². The third kappa shape index (κ3) is 5.16. The number of pyridine rings is 1. The molecule has 0 aromatic carbocycles. The summed E-state index contributed by atoms with van der Waals surface area (Å²) in [5.74, 6) is 0. The van der Waals surface area contributed by atoms with Crippen LogP contribution in [-0.4, -0.2) is 11.5 Å². The zero-order chi connectivity index (χ0) is 9.40. The topological polar surface area (TPSA) is 38.9 Å². The molecule has 0 radical (unpaired) electrons. The van der Waals surface area contributed by atoms with Crippen molar-refractivity contribution < 1.29 is 0 Å². The molecule has 0 amide bonds. The van der Waals surface area contributed by atoms with Crippen LogP contribution in [0.25, 0.3) is 0 Å². The lowest BCUT2D eigenvalue weighted by atomic mass is 10.4. The van der Waals surface area contributed by atoms with E-state index in [1.165, 1.54) is 0 Å². The Morgan fingerprint density at radius 2 is 2.17 bits per heavy atom. The second-order valence-corrected chi connectivity index (χ2v) is 2.88. The van der Waals surface area contributed by atoms with Gasteiger partial charge in [-0.05, 0) is 32.0 Å². The van der Waals surface area contributed by atoms with E-state index in [1.807, 2.05) is 19.1 Å². The monoisotopic (exact) mass is 184 g/mol. The van der Waals surface area contributed by atoms with Crippen LogP contribution >= 0.6 is 12.6 Å². The fourth-order valence-corrected chi connectivity index (χ4v) is 0.620. The molecular formula is C9H16N2S. The fraction of sp³-hybridized carbons (Fsp3) is 0.444. The molecule has 0 atom stereocenters. The Hall–Kier alpha value is -0.540. The van der Waals surface area contributed by atoms with Gasteiger partial charge in [0.1, 0.15) is 0 Å². The Kier molecular flexibility index (Phi) is 6.81. The van der Waals surface area contributed by atoms with Gasteiger partial charge in [-0.2, -0.15) is 0 Å². The van der Waals surface area contributed by atoms with Crippen LogP contribution in [0.15, 0.2) is 23.2 Å². The van der Waals surface area contributed by atoms with E-state index in [2.05, 4.69) is 24.5 Å². The molecule has 2 nitrogen and oxygen atoms in total. The maximum absolute atomic E-state index is 5.03. The smallest absolute Gasteiger partial charge is 0.0505 e. The molecule has 0 saturated carbocycles. The highest BCUT2D eigenvalue weighted by Gasteiger charge is 1.86. The van der Waals surface area contributed by atoms with E-state index in [1.54, 1.807) is 6.20 Å².